The predicted molar refractivity (Wildman–Crippen MR) is 82.1 cm³/mol. The molecule has 1 amide bonds. The zero-order chi connectivity index (χ0) is 15.3. The lowest BCUT2D eigenvalue weighted by Crippen LogP contribution is -2.41. The van der Waals surface area contributed by atoms with Crippen LogP contribution in [-0.2, 0) is 0 Å². The molecule has 0 spiro atoms. The molecule has 0 saturated heterocycles. The van der Waals surface area contributed by atoms with Crippen LogP contribution in [0.15, 0.2) is 6.20 Å². The second kappa shape index (κ2) is 6.68. The van der Waals surface area contributed by atoms with Crippen molar-refractivity contribution in [2.24, 2.45) is 0 Å². The fraction of sp³-hybridized carbons (Fsp3) is 0.667. The highest BCUT2D eigenvalue weighted by Gasteiger charge is 2.20. The van der Waals surface area contributed by atoms with Gasteiger partial charge >= 0.3 is 0 Å². The van der Waals surface area contributed by atoms with E-state index in [1.165, 1.54) is 0 Å². The highest BCUT2D eigenvalue weighted by molar-refractivity contribution is 5.97. The highest BCUT2D eigenvalue weighted by Crippen LogP contribution is 2.17. The minimum atomic E-state index is -0.290. The number of anilines is 1. The Kier molecular flexibility index (Phi) is 5.48. The molecule has 1 rings (SSSR count). The van der Waals surface area contributed by atoms with Crippen LogP contribution in [0.1, 0.15) is 70.2 Å². The van der Waals surface area contributed by atoms with E-state index in [0.29, 0.717) is 17.2 Å². The molecule has 0 bridgehead atoms. The minimum Gasteiger partial charge on any atom is -0.382 e. The number of aromatic nitrogens is 2. The topological polar surface area (TPSA) is 66.9 Å². The van der Waals surface area contributed by atoms with Crippen molar-refractivity contribution in [3.05, 3.63) is 17.7 Å². The molecular weight excluding hydrogens is 252 g/mol. The van der Waals surface area contributed by atoms with Crippen molar-refractivity contribution in [3.8, 4) is 0 Å². The molecule has 0 aliphatic rings. The largest absolute Gasteiger partial charge is 0.382 e. The van der Waals surface area contributed by atoms with Gasteiger partial charge < -0.3 is 10.6 Å². The number of nitrogens with one attached hydrogen (secondary N) is 2. The number of amides is 1. The Morgan fingerprint density at radius 3 is 2.50 bits per heavy atom. The molecule has 20 heavy (non-hydrogen) atoms. The first kappa shape index (κ1) is 16.4. The maximum Gasteiger partial charge on any atom is 0.272 e. The summed E-state index contributed by atoms with van der Waals surface area (Å²) in [6.45, 7) is 12.8. The van der Waals surface area contributed by atoms with Gasteiger partial charge in [-0.15, -0.1) is 0 Å². The summed E-state index contributed by atoms with van der Waals surface area (Å²) in [4.78, 5) is 21.1. The summed E-state index contributed by atoms with van der Waals surface area (Å²) in [6.07, 6.45) is 2.68. The number of hydrogen-bond donors (Lipinski definition) is 2. The molecule has 1 heterocycles. The van der Waals surface area contributed by atoms with Crippen LogP contribution in [0.25, 0.3) is 0 Å². The van der Waals surface area contributed by atoms with E-state index < -0.39 is 0 Å². The number of carbonyl (C=O) groups excluding carboxylic acids is 1. The lowest BCUT2D eigenvalue weighted by molar-refractivity contribution is 0.0915. The highest BCUT2D eigenvalue weighted by atomic mass is 16.2. The summed E-state index contributed by atoms with van der Waals surface area (Å²) in [7, 11) is 0. The Morgan fingerprint density at radius 1 is 1.35 bits per heavy atom. The van der Waals surface area contributed by atoms with Crippen LogP contribution < -0.4 is 10.6 Å². The first-order valence-corrected chi connectivity index (χ1v) is 7.18. The van der Waals surface area contributed by atoms with Gasteiger partial charge in [0.15, 0.2) is 5.69 Å². The normalized spacial score (nSPS) is 11.6. The maximum atomic E-state index is 12.4. The second-order valence-electron chi connectivity index (χ2n) is 6.28. The minimum absolute atomic E-state index is 0.166. The van der Waals surface area contributed by atoms with Crippen LogP contribution in [0.4, 0.5) is 5.69 Å². The Balaban J connectivity index is 3.10. The molecule has 0 aliphatic carbocycles. The number of carbonyl (C=O) groups is 1. The summed E-state index contributed by atoms with van der Waals surface area (Å²) in [6, 6.07) is 0. The zero-order valence-corrected chi connectivity index (χ0v) is 13.4. The molecule has 0 aromatic carbocycles. The Labute approximate surface area is 121 Å². The first-order chi connectivity index (χ1) is 9.24. The van der Waals surface area contributed by atoms with Crippen molar-refractivity contribution < 1.29 is 4.79 Å². The smallest absolute Gasteiger partial charge is 0.272 e. The number of hydrogen-bond acceptors (Lipinski definition) is 4. The van der Waals surface area contributed by atoms with Gasteiger partial charge in [-0.2, -0.15) is 0 Å². The Bertz CT molecular complexity index is 463. The van der Waals surface area contributed by atoms with E-state index in [1.54, 1.807) is 6.20 Å². The van der Waals surface area contributed by atoms with Gasteiger partial charge in [0.05, 0.1) is 11.9 Å². The monoisotopic (exact) mass is 278 g/mol. The van der Waals surface area contributed by atoms with E-state index in [-0.39, 0.29) is 17.4 Å². The summed E-state index contributed by atoms with van der Waals surface area (Å²) in [5.74, 6) is 0.711. The molecule has 112 valence electrons. The molecule has 0 atom stereocenters. The van der Waals surface area contributed by atoms with E-state index in [9.17, 15) is 4.79 Å². The van der Waals surface area contributed by atoms with E-state index in [2.05, 4.69) is 27.5 Å². The zero-order valence-electron chi connectivity index (χ0n) is 13.4. The molecule has 5 nitrogen and oxygen atoms in total. The second-order valence-corrected chi connectivity index (χ2v) is 6.28. The average molecular weight is 278 g/mol. The maximum absolute atomic E-state index is 12.4. The van der Waals surface area contributed by atoms with Crippen LogP contribution in [0, 0.1) is 0 Å². The fourth-order valence-electron chi connectivity index (χ4n) is 1.64. The predicted octanol–water partition coefficient (Wildman–Crippen LogP) is 2.95. The van der Waals surface area contributed by atoms with E-state index in [0.717, 1.165) is 13.0 Å². The van der Waals surface area contributed by atoms with Crippen LogP contribution in [0.3, 0.4) is 0 Å². The molecule has 0 fully saturated rings. The number of rotatable bonds is 5. The lowest BCUT2D eigenvalue weighted by Gasteiger charge is -2.21. The van der Waals surface area contributed by atoms with Gasteiger partial charge in [-0.05, 0) is 27.2 Å². The number of nitrogens with zero attached hydrogens (tertiary/aromatic N) is 2. The van der Waals surface area contributed by atoms with Gasteiger partial charge in [0.25, 0.3) is 5.91 Å². The van der Waals surface area contributed by atoms with Crippen LogP contribution in [-0.4, -0.2) is 28.0 Å². The van der Waals surface area contributed by atoms with Crippen molar-refractivity contribution in [3.63, 3.8) is 0 Å². The van der Waals surface area contributed by atoms with Gasteiger partial charge in [0.2, 0.25) is 0 Å². The first-order valence-electron chi connectivity index (χ1n) is 7.18. The van der Waals surface area contributed by atoms with Gasteiger partial charge in [0.1, 0.15) is 5.82 Å². The molecule has 0 unspecified atom stereocenters. The Hall–Kier alpha value is -1.65. The average Bonchev–Trinajstić information content (AvgIpc) is 2.33. The van der Waals surface area contributed by atoms with Gasteiger partial charge in [-0.3, -0.25) is 4.79 Å². The van der Waals surface area contributed by atoms with Crippen LogP contribution in [0.2, 0.25) is 0 Å². The molecule has 1 aromatic rings. The van der Waals surface area contributed by atoms with Crippen molar-refractivity contribution in [1.29, 1.82) is 0 Å². The van der Waals surface area contributed by atoms with Gasteiger partial charge in [0, 0.05) is 18.0 Å². The summed E-state index contributed by atoms with van der Waals surface area (Å²) in [5.41, 5.74) is 0.826. The van der Waals surface area contributed by atoms with Crippen molar-refractivity contribution in [1.82, 2.24) is 15.3 Å². The van der Waals surface area contributed by atoms with E-state index in [1.807, 2.05) is 34.6 Å². The molecule has 5 heteroatoms. The SMILES string of the molecule is CCCNc1cnc(C(C)C)nc1C(=O)NC(C)(C)C. The van der Waals surface area contributed by atoms with E-state index in [4.69, 9.17) is 0 Å². The molecule has 2 N–H and O–H groups in total. The summed E-state index contributed by atoms with van der Waals surface area (Å²) in [5, 5.41) is 6.16. The third-order valence-electron chi connectivity index (χ3n) is 2.59. The van der Waals surface area contributed by atoms with Crippen LogP contribution >= 0.6 is 0 Å². The standard InChI is InChI=1S/C15H26N4O/c1-7-8-16-11-9-17-13(10(2)3)18-12(11)14(20)19-15(4,5)6/h9-10,16H,7-8H2,1-6H3,(H,19,20). The summed E-state index contributed by atoms with van der Waals surface area (Å²) >= 11 is 0. The molecule has 1 aromatic heterocycles. The van der Waals surface area contributed by atoms with Gasteiger partial charge in [-0.25, -0.2) is 9.97 Å². The Morgan fingerprint density at radius 2 is 2.00 bits per heavy atom. The molecule has 0 saturated carbocycles. The third-order valence-corrected chi connectivity index (χ3v) is 2.59. The summed E-state index contributed by atoms with van der Waals surface area (Å²) < 4.78 is 0. The molecule has 0 radical (unpaired) electrons. The van der Waals surface area contributed by atoms with Crippen molar-refractivity contribution in [2.45, 2.75) is 59.4 Å². The van der Waals surface area contributed by atoms with E-state index >= 15 is 0 Å². The van der Waals surface area contributed by atoms with Crippen molar-refractivity contribution in [2.75, 3.05) is 11.9 Å². The molecular formula is C15H26N4O. The quantitative estimate of drug-likeness (QED) is 0.869. The third kappa shape index (κ3) is 4.79. The fourth-order valence-corrected chi connectivity index (χ4v) is 1.64. The van der Waals surface area contributed by atoms with Crippen LogP contribution in [0.5, 0.6) is 0 Å². The molecule has 0 aliphatic heterocycles. The lowest BCUT2D eigenvalue weighted by atomic mass is 10.1. The van der Waals surface area contributed by atoms with Crippen molar-refractivity contribution >= 4 is 11.6 Å². The van der Waals surface area contributed by atoms with Gasteiger partial charge in [-0.1, -0.05) is 20.8 Å².